The van der Waals surface area contributed by atoms with Crippen molar-refractivity contribution in [2.45, 2.75) is 13.0 Å². The first-order chi connectivity index (χ1) is 5.66. The highest BCUT2D eigenvalue weighted by atomic mass is 19.1. The molecule has 0 saturated heterocycles. The van der Waals surface area contributed by atoms with Crippen molar-refractivity contribution in [3.63, 3.8) is 0 Å². The van der Waals surface area contributed by atoms with Crippen LogP contribution in [0.3, 0.4) is 0 Å². The molecular formula is C9H10FNO. The largest absolute Gasteiger partial charge is 0.324 e. The standard InChI is InChI=1S/C9H10FNO/c1-6(11)7-3-2-4-9(10)8(7)5-12/h2-6H,11H2,1H3/t6-/m0/s1. The normalized spacial score (nSPS) is 12.6. The van der Waals surface area contributed by atoms with Crippen molar-refractivity contribution in [2.75, 3.05) is 0 Å². The van der Waals surface area contributed by atoms with Crippen molar-refractivity contribution in [1.29, 1.82) is 0 Å². The highest BCUT2D eigenvalue weighted by molar-refractivity contribution is 5.77. The maximum Gasteiger partial charge on any atom is 0.153 e. The van der Waals surface area contributed by atoms with Crippen LogP contribution in [0.4, 0.5) is 4.39 Å². The summed E-state index contributed by atoms with van der Waals surface area (Å²) in [5.74, 6) is -0.514. The Morgan fingerprint density at radius 3 is 2.67 bits per heavy atom. The van der Waals surface area contributed by atoms with E-state index in [1.807, 2.05) is 0 Å². The van der Waals surface area contributed by atoms with Gasteiger partial charge in [0.05, 0.1) is 5.56 Å². The molecule has 0 saturated carbocycles. The third-order valence-electron chi connectivity index (χ3n) is 1.70. The lowest BCUT2D eigenvalue weighted by Crippen LogP contribution is -2.09. The van der Waals surface area contributed by atoms with Gasteiger partial charge in [-0.05, 0) is 18.6 Å². The van der Waals surface area contributed by atoms with E-state index >= 15 is 0 Å². The number of halogens is 1. The fourth-order valence-corrected chi connectivity index (χ4v) is 1.08. The van der Waals surface area contributed by atoms with Crippen LogP contribution in [0.25, 0.3) is 0 Å². The van der Waals surface area contributed by atoms with Gasteiger partial charge in [-0.3, -0.25) is 4.79 Å². The summed E-state index contributed by atoms with van der Waals surface area (Å²) in [5, 5.41) is 0. The zero-order valence-electron chi connectivity index (χ0n) is 6.75. The monoisotopic (exact) mass is 167 g/mol. The van der Waals surface area contributed by atoms with Gasteiger partial charge in [0.25, 0.3) is 0 Å². The number of aldehydes is 1. The van der Waals surface area contributed by atoms with Gasteiger partial charge in [-0.1, -0.05) is 12.1 Å². The zero-order valence-corrected chi connectivity index (χ0v) is 6.75. The lowest BCUT2D eigenvalue weighted by atomic mass is 10.0. The van der Waals surface area contributed by atoms with Crippen molar-refractivity contribution < 1.29 is 9.18 Å². The highest BCUT2D eigenvalue weighted by Gasteiger charge is 2.09. The molecule has 0 spiro atoms. The van der Waals surface area contributed by atoms with E-state index in [1.54, 1.807) is 19.1 Å². The molecule has 0 heterocycles. The smallest absolute Gasteiger partial charge is 0.153 e. The van der Waals surface area contributed by atoms with Crippen LogP contribution in [0.15, 0.2) is 18.2 Å². The Labute approximate surface area is 70.2 Å². The molecule has 0 aromatic heterocycles. The van der Waals surface area contributed by atoms with Crippen molar-refractivity contribution in [2.24, 2.45) is 5.73 Å². The summed E-state index contributed by atoms with van der Waals surface area (Å²) in [7, 11) is 0. The summed E-state index contributed by atoms with van der Waals surface area (Å²) in [6, 6.07) is 4.12. The molecule has 0 bridgehead atoms. The van der Waals surface area contributed by atoms with E-state index in [4.69, 9.17) is 5.73 Å². The van der Waals surface area contributed by atoms with Crippen molar-refractivity contribution in [3.8, 4) is 0 Å². The van der Waals surface area contributed by atoms with Crippen LogP contribution in [-0.2, 0) is 0 Å². The van der Waals surface area contributed by atoms with Crippen LogP contribution in [0, 0.1) is 5.82 Å². The van der Waals surface area contributed by atoms with Gasteiger partial charge >= 0.3 is 0 Å². The van der Waals surface area contributed by atoms with Gasteiger partial charge in [-0.2, -0.15) is 0 Å². The minimum Gasteiger partial charge on any atom is -0.324 e. The molecule has 0 amide bonds. The molecule has 3 heteroatoms. The predicted octanol–water partition coefficient (Wildman–Crippen LogP) is 1.66. The molecule has 0 aliphatic carbocycles. The van der Waals surface area contributed by atoms with E-state index in [2.05, 4.69) is 0 Å². The summed E-state index contributed by atoms with van der Waals surface area (Å²) in [6.07, 6.45) is 0.494. The van der Waals surface area contributed by atoms with E-state index in [0.717, 1.165) is 0 Å². The third-order valence-corrected chi connectivity index (χ3v) is 1.70. The molecule has 0 unspecified atom stereocenters. The predicted molar refractivity (Wildman–Crippen MR) is 44.4 cm³/mol. The van der Waals surface area contributed by atoms with Crippen LogP contribution in [0.2, 0.25) is 0 Å². The molecular weight excluding hydrogens is 157 g/mol. The molecule has 0 aliphatic rings. The van der Waals surface area contributed by atoms with Crippen LogP contribution < -0.4 is 5.73 Å². The van der Waals surface area contributed by atoms with Gasteiger partial charge in [0.15, 0.2) is 6.29 Å². The number of benzene rings is 1. The Hall–Kier alpha value is -1.22. The molecule has 0 aliphatic heterocycles. The first-order valence-corrected chi connectivity index (χ1v) is 3.66. The SMILES string of the molecule is C[C@H](N)c1cccc(F)c1C=O. The topological polar surface area (TPSA) is 43.1 Å². The fourth-order valence-electron chi connectivity index (χ4n) is 1.08. The third kappa shape index (κ3) is 1.51. The highest BCUT2D eigenvalue weighted by Crippen LogP contribution is 2.16. The lowest BCUT2D eigenvalue weighted by Gasteiger charge is -2.08. The molecule has 0 radical (unpaired) electrons. The number of carbonyl (C=O) groups excluding carboxylic acids is 1. The Kier molecular flexibility index (Phi) is 2.55. The molecule has 1 atom stereocenters. The van der Waals surface area contributed by atoms with E-state index in [1.165, 1.54) is 6.07 Å². The Bertz CT molecular complexity index is 297. The summed E-state index contributed by atoms with van der Waals surface area (Å²) in [5.41, 5.74) is 6.14. The number of rotatable bonds is 2. The van der Waals surface area contributed by atoms with Gasteiger partial charge in [0, 0.05) is 6.04 Å². The Balaban J connectivity index is 3.27. The van der Waals surface area contributed by atoms with Crippen molar-refractivity contribution >= 4 is 6.29 Å². The van der Waals surface area contributed by atoms with Crippen LogP contribution in [0.5, 0.6) is 0 Å². The average Bonchev–Trinajstić information content (AvgIpc) is 2.03. The van der Waals surface area contributed by atoms with Gasteiger partial charge < -0.3 is 5.73 Å². The second-order valence-corrected chi connectivity index (χ2v) is 2.65. The average molecular weight is 167 g/mol. The summed E-state index contributed by atoms with van der Waals surface area (Å²) < 4.78 is 12.9. The molecule has 2 N–H and O–H groups in total. The van der Waals surface area contributed by atoms with Crippen LogP contribution in [-0.4, -0.2) is 6.29 Å². The molecule has 1 aromatic carbocycles. The molecule has 64 valence electrons. The number of nitrogens with two attached hydrogens (primary N) is 1. The first-order valence-electron chi connectivity index (χ1n) is 3.66. The fraction of sp³-hybridized carbons (Fsp3) is 0.222. The van der Waals surface area contributed by atoms with Gasteiger partial charge in [0.2, 0.25) is 0 Å². The second-order valence-electron chi connectivity index (χ2n) is 2.65. The maximum atomic E-state index is 12.9. The Morgan fingerprint density at radius 2 is 2.25 bits per heavy atom. The number of hydrogen-bond acceptors (Lipinski definition) is 2. The molecule has 1 aromatic rings. The molecule has 2 nitrogen and oxygen atoms in total. The number of carbonyl (C=O) groups is 1. The van der Waals surface area contributed by atoms with Crippen molar-refractivity contribution in [3.05, 3.63) is 35.1 Å². The van der Waals surface area contributed by atoms with E-state index < -0.39 is 5.82 Å². The Morgan fingerprint density at radius 1 is 1.58 bits per heavy atom. The van der Waals surface area contributed by atoms with Gasteiger partial charge in [0.1, 0.15) is 5.82 Å². The lowest BCUT2D eigenvalue weighted by molar-refractivity contribution is 0.111. The van der Waals surface area contributed by atoms with Gasteiger partial charge in [-0.15, -0.1) is 0 Å². The first kappa shape index (κ1) is 8.87. The maximum absolute atomic E-state index is 12.9. The molecule has 1 rings (SSSR count). The van der Waals surface area contributed by atoms with E-state index in [9.17, 15) is 9.18 Å². The zero-order chi connectivity index (χ0) is 9.14. The van der Waals surface area contributed by atoms with Crippen LogP contribution in [0.1, 0.15) is 28.9 Å². The minimum atomic E-state index is -0.514. The quantitative estimate of drug-likeness (QED) is 0.680. The number of hydrogen-bond donors (Lipinski definition) is 1. The van der Waals surface area contributed by atoms with Crippen molar-refractivity contribution in [1.82, 2.24) is 0 Å². The van der Waals surface area contributed by atoms with E-state index in [-0.39, 0.29) is 11.6 Å². The summed E-state index contributed by atoms with van der Waals surface area (Å²) in [4.78, 5) is 10.5. The summed E-state index contributed by atoms with van der Waals surface area (Å²) >= 11 is 0. The molecule has 12 heavy (non-hydrogen) atoms. The summed E-state index contributed by atoms with van der Waals surface area (Å²) in [6.45, 7) is 1.71. The second kappa shape index (κ2) is 3.45. The van der Waals surface area contributed by atoms with Gasteiger partial charge in [-0.25, -0.2) is 4.39 Å². The van der Waals surface area contributed by atoms with E-state index in [0.29, 0.717) is 11.8 Å². The minimum absolute atomic E-state index is 0.0625. The van der Waals surface area contributed by atoms with Crippen LogP contribution >= 0.6 is 0 Å². The molecule has 0 fully saturated rings.